The van der Waals surface area contributed by atoms with Crippen molar-refractivity contribution in [2.75, 3.05) is 0 Å². The Morgan fingerprint density at radius 1 is 1.20 bits per heavy atom. The van der Waals surface area contributed by atoms with Gasteiger partial charge in [-0.05, 0) is 36.2 Å². The lowest BCUT2D eigenvalue weighted by Gasteiger charge is -2.20. The van der Waals surface area contributed by atoms with Gasteiger partial charge < -0.3 is 0 Å². The molecule has 3 rings (SSSR count). The first-order valence-corrected chi connectivity index (χ1v) is 6.74. The van der Waals surface area contributed by atoms with Crippen LogP contribution in [0.4, 0.5) is 4.39 Å². The number of aromatic nitrogens is 1. The maximum absolute atomic E-state index is 13.0. The SMILES string of the molecule is CC1(c2ccc(Cl)nc2)CC(c2ccc(F)cc2)N=N1. The lowest BCUT2D eigenvalue weighted by Crippen LogP contribution is -2.17. The van der Waals surface area contributed by atoms with E-state index in [0.29, 0.717) is 5.15 Å². The van der Waals surface area contributed by atoms with Crippen molar-refractivity contribution in [3.63, 3.8) is 0 Å². The Morgan fingerprint density at radius 2 is 1.95 bits per heavy atom. The van der Waals surface area contributed by atoms with E-state index in [2.05, 4.69) is 15.2 Å². The van der Waals surface area contributed by atoms with Gasteiger partial charge >= 0.3 is 0 Å². The van der Waals surface area contributed by atoms with Crippen molar-refractivity contribution in [3.05, 3.63) is 64.7 Å². The zero-order valence-electron chi connectivity index (χ0n) is 10.9. The first-order valence-electron chi connectivity index (χ1n) is 6.36. The van der Waals surface area contributed by atoms with Gasteiger partial charge in [-0.3, -0.25) is 0 Å². The Labute approximate surface area is 121 Å². The molecule has 0 amide bonds. The highest BCUT2D eigenvalue weighted by Gasteiger charge is 2.36. The van der Waals surface area contributed by atoms with Crippen molar-refractivity contribution in [3.8, 4) is 0 Å². The fourth-order valence-electron chi connectivity index (χ4n) is 2.39. The van der Waals surface area contributed by atoms with Gasteiger partial charge in [0.2, 0.25) is 0 Å². The third kappa shape index (κ3) is 2.43. The Kier molecular flexibility index (Phi) is 3.26. The standard InChI is InChI=1S/C15H13ClFN3/c1-15(11-4-7-14(16)18-9-11)8-13(19-20-15)10-2-5-12(17)6-3-10/h2-7,9,13H,8H2,1H3. The van der Waals surface area contributed by atoms with E-state index in [4.69, 9.17) is 11.6 Å². The average molecular weight is 290 g/mol. The van der Waals surface area contributed by atoms with E-state index < -0.39 is 5.54 Å². The summed E-state index contributed by atoms with van der Waals surface area (Å²) >= 11 is 5.80. The summed E-state index contributed by atoms with van der Waals surface area (Å²) in [6.45, 7) is 2.02. The van der Waals surface area contributed by atoms with Gasteiger partial charge in [-0.25, -0.2) is 9.37 Å². The Balaban J connectivity index is 1.84. The number of hydrogen-bond donors (Lipinski definition) is 0. The van der Waals surface area contributed by atoms with Gasteiger partial charge in [0.05, 0.1) is 6.04 Å². The summed E-state index contributed by atoms with van der Waals surface area (Å²) in [6, 6.07) is 10.0. The van der Waals surface area contributed by atoms with E-state index in [9.17, 15) is 4.39 Å². The molecule has 1 aromatic heterocycles. The van der Waals surface area contributed by atoms with Crippen LogP contribution in [0.25, 0.3) is 0 Å². The van der Waals surface area contributed by atoms with Crippen LogP contribution in [0, 0.1) is 5.82 Å². The van der Waals surface area contributed by atoms with Crippen LogP contribution >= 0.6 is 11.6 Å². The number of hydrogen-bond acceptors (Lipinski definition) is 3. The predicted octanol–water partition coefficient (Wildman–Crippen LogP) is 4.69. The molecule has 102 valence electrons. The van der Waals surface area contributed by atoms with E-state index in [1.165, 1.54) is 12.1 Å². The van der Waals surface area contributed by atoms with E-state index >= 15 is 0 Å². The molecule has 0 saturated heterocycles. The molecular weight excluding hydrogens is 277 g/mol. The Bertz CT molecular complexity index is 639. The summed E-state index contributed by atoms with van der Waals surface area (Å²) in [6.07, 6.45) is 2.47. The van der Waals surface area contributed by atoms with Gasteiger partial charge in [0.15, 0.2) is 0 Å². The molecule has 2 atom stereocenters. The van der Waals surface area contributed by atoms with Crippen LogP contribution in [0.2, 0.25) is 5.15 Å². The quantitative estimate of drug-likeness (QED) is 0.739. The van der Waals surface area contributed by atoms with Crippen molar-refractivity contribution >= 4 is 11.6 Å². The van der Waals surface area contributed by atoms with Crippen LogP contribution in [0.15, 0.2) is 52.8 Å². The summed E-state index contributed by atoms with van der Waals surface area (Å²) in [4.78, 5) is 4.09. The molecule has 1 aliphatic rings. The lowest BCUT2D eigenvalue weighted by atomic mass is 9.87. The summed E-state index contributed by atoms with van der Waals surface area (Å²) in [7, 11) is 0. The predicted molar refractivity (Wildman–Crippen MR) is 75.2 cm³/mol. The number of rotatable bonds is 2. The molecule has 0 aliphatic carbocycles. The van der Waals surface area contributed by atoms with Gasteiger partial charge in [-0.2, -0.15) is 10.2 Å². The summed E-state index contributed by atoms with van der Waals surface area (Å²) in [5, 5.41) is 9.19. The molecule has 0 saturated carbocycles. The fraction of sp³-hybridized carbons (Fsp3) is 0.267. The van der Waals surface area contributed by atoms with Crippen LogP contribution in [-0.2, 0) is 5.54 Å². The zero-order chi connectivity index (χ0) is 14.2. The third-order valence-electron chi connectivity index (χ3n) is 3.61. The third-order valence-corrected chi connectivity index (χ3v) is 3.84. The van der Waals surface area contributed by atoms with Gasteiger partial charge in [-0.15, -0.1) is 0 Å². The minimum atomic E-state index is -0.406. The van der Waals surface area contributed by atoms with E-state index in [1.807, 2.05) is 13.0 Å². The first kappa shape index (κ1) is 13.2. The number of benzene rings is 1. The highest BCUT2D eigenvalue weighted by atomic mass is 35.5. The molecule has 20 heavy (non-hydrogen) atoms. The normalized spacial score (nSPS) is 25.1. The van der Waals surface area contributed by atoms with Crippen LogP contribution in [-0.4, -0.2) is 4.98 Å². The molecule has 5 heteroatoms. The lowest BCUT2D eigenvalue weighted by molar-refractivity contribution is 0.476. The number of pyridine rings is 1. The molecule has 2 heterocycles. The molecule has 0 N–H and O–H groups in total. The van der Waals surface area contributed by atoms with Crippen LogP contribution in [0.5, 0.6) is 0 Å². The fourth-order valence-corrected chi connectivity index (χ4v) is 2.51. The van der Waals surface area contributed by atoms with Crippen molar-refractivity contribution in [2.24, 2.45) is 10.2 Å². The topological polar surface area (TPSA) is 37.6 Å². The molecule has 2 unspecified atom stereocenters. The molecule has 3 nitrogen and oxygen atoms in total. The van der Waals surface area contributed by atoms with Crippen LogP contribution in [0.3, 0.4) is 0 Å². The average Bonchev–Trinajstić information content (AvgIpc) is 2.84. The number of nitrogens with zero attached hydrogens (tertiary/aromatic N) is 3. The second-order valence-corrected chi connectivity index (χ2v) is 5.52. The van der Waals surface area contributed by atoms with Crippen molar-refractivity contribution in [2.45, 2.75) is 24.9 Å². The molecule has 0 spiro atoms. The molecule has 0 radical (unpaired) electrons. The van der Waals surface area contributed by atoms with Crippen molar-refractivity contribution < 1.29 is 4.39 Å². The van der Waals surface area contributed by atoms with Gasteiger partial charge in [-0.1, -0.05) is 29.8 Å². The van der Waals surface area contributed by atoms with Crippen LogP contribution < -0.4 is 0 Å². The minimum absolute atomic E-state index is 0.0451. The van der Waals surface area contributed by atoms with E-state index in [-0.39, 0.29) is 11.9 Å². The number of halogens is 2. The first-order chi connectivity index (χ1) is 9.57. The Hall–Kier alpha value is -1.81. The molecule has 2 aromatic rings. The summed E-state index contributed by atoms with van der Waals surface area (Å²) < 4.78 is 13.0. The molecule has 0 bridgehead atoms. The van der Waals surface area contributed by atoms with Crippen molar-refractivity contribution in [1.29, 1.82) is 0 Å². The molecular formula is C15H13ClFN3. The van der Waals surface area contributed by atoms with E-state index in [1.54, 1.807) is 24.4 Å². The van der Waals surface area contributed by atoms with Crippen LogP contribution in [0.1, 0.15) is 30.5 Å². The number of azo groups is 1. The highest BCUT2D eigenvalue weighted by molar-refractivity contribution is 6.29. The van der Waals surface area contributed by atoms with E-state index in [0.717, 1.165) is 17.5 Å². The second-order valence-electron chi connectivity index (χ2n) is 5.13. The Morgan fingerprint density at radius 3 is 2.60 bits per heavy atom. The maximum Gasteiger partial charge on any atom is 0.129 e. The monoisotopic (exact) mass is 289 g/mol. The van der Waals surface area contributed by atoms with Gasteiger partial charge in [0.1, 0.15) is 16.5 Å². The highest BCUT2D eigenvalue weighted by Crippen LogP contribution is 2.43. The largest absolute Gasteiger partial charge is 0.244 e. The molecule has 1 aromatic carbocycles. The zero-order valence-corrected chi connectivity index (χ0v) is 11.7. The molecule has 0 fully saturated rings. The smallest absolute Gasteiger partial charge is 0.129 e. The summed E-state index contributed by atoms with van der Waals surface area (Å²) in [5.74, 6) is -0.242. The maximum atomic E-state index is 13.0. The van der Waals surface area contributed by atoms with Gasteiger partial charge in [0.25, 0.3) is 0 Å². The molecule has 1 aliphatic heterocycles. The second kappa shape index (κ2) is 4.94. The van der Waals surface area contributed by atoms with Crippen molar-refractivity contribution in [1.82, 2.24) is 4.98 Å². The minimum Gasteiger partial charge on any atom is -0.244 e. The van der Waals surface area contributed by atoms with Gasteiger partial charge in [0, 0.05) is 12.6 Å². The summed E-state index contributed by atoms with van der Waals surface area (Å²) in [5.41, 5.74) is 1.55.